The summed E-state index contributed by atoms with van der Waals surface area (Å²) < 4.78 is 0. The maximum Gasteiger partial charge on any atom is 0.278 e. The van der Waals surface area contributed by atoms with Crippen molar-refractivity contribution in [1.29, 1.82) is 0 Å². The fourth-order valence-electron chi connectivity index (χ4n) is 2.13. The van der Waals surface area contributed by atoms with Crippen LogP contribution in [0.4, 0.5) is 5.69 Å². The van der Waals surface area contributed by atoms with Gasteiger partial charge in [-0.1, -0.05) is 0 Å². The SMILES string of the molecule is Cc1csc(C(C)NCc2ncc(C)c([N+](=O)[O-])c2C)n1. The molecular weight excluding hydrogens is 288 g/mol. The number of hydrogen-bond acceptors (Lipinski definition) is 6. The fourth-order valence-corrected chi connectivity index (χ4v) is 2.96. The minimum absolute atomic E-state index is 0.0882. The Morgan fingerprint density at radius 2 is 2.14 bits per heavy atom. The smallest absolute Gasteiger partial charge is 0.278 e. The Hall–Kier alpha value is -1.86. The largest absolute Gasteiger partial charge is 0.302 e. The average molecular weight is 306 g/mol. The molecule has 0 spiro atoms. The van der Waals surface area contributed by atoms with Gasteiger partial charge in [-0.2, -0.15) is 0 Å². The number of hydrogen-bond donors (Lipinski definition) is 1. The molecule has 0 aliphatic rings. The highest BCUT2D eigenvalue weighted by molar-refractivity contribution is 7.09. The molecule has 0 aliphatic carbocycles. The molecule has 2 rings (SSSR count). The summed E-state index contributed by atoms with van der Waals surface area (Å²) in [5, 5.41) is 17.4. The molecule has 0 aromatic carbocycles. The maximum atomic E-state index is 11.1. The summed E-state index contributed by atoms with van der Waals surface area (Å²) in [5.41, 5.74) is 3.07. The third kappa shape index (κ3) is 3.43. The van der Waals surface area contributed by atoms with Crippen LogP contribution in [0.2, 0.25) is 0 Å². The van der Waals surface area contributed by atoms with Crippen LogP contribution in [0.1, 0.15) is 40.5 Å². The van der Waals surface area contributed by atoms with Crippen molar-refractivity contribution in [3.8, 4) is 0 Å². The molecule has 21 heavy (non-hydrogen) atoms. The molecule has 1 N–H and O–H groups in total. The summed E-state index contributed by atoms with van der Waals surface area (Å²) in [6, 6.07) is 0.0882. The number of nitrogens with one attached hydrogen (secondary N) is 1. The van der Waals surface area contributed by atoms with Crippen LogP contribution in [-0.4, -0.2) is 14.9 Å². The molecule has 0 aliphatic heterocycles. The molecule has 0 bridgehead atoms. The topological polar surface area (TPSA) is 81.0 Å². The van der Waals surface area contributed by atoms with Gasteiger partial charge in [0.25, 0.3) is 5.69 Å². The zero-order chi connectivity index (χ0) is 15.6. The van der Waals surface area contributed by atoms with Crippen molar-refractivity contribution < 1.29 is 4.92 Å². The standard InChI is InChI=1S/C14H18N4O2S/c1-8-5-16-12(10(3)13(8)18(19)20)6-15-11(4)14-17-9(2)7-21-14/h5,7,11,15H,6H2,1-4H3. The number of nitrogens with zero attached hydrogens (tertiary/aromatic N) is 3. The molecule has 2 heterocycles. The van der Waals surface area contributed by atoms with Gasteiger partial charge in [0.1, 0.15) is 5.01 Å². The third-order valence-corrected chi connectivity index (χ3v) is 4.49. The van der Waals surface area contributed by atoms with Crippen LogP contribution in [0.5, 0.6) is 0 Å². The molecule has 1 atom stereocenters. The predicted molar refractivity (Wildman–Crippen MR) is 82.5 cm³/mol. The second-order valence-corrected chi connectivity index (χ2v) is 5.94. The number of thiazole rings is 1. The van der Waals surface area contributed by atoms with Crippen molar-refractivity contribution in [3.05, 3.63) is 49.2 Å². The normalized spacial score (nSPS) is 12.4. The lowest BCUT2D eigenvalue weighted by atomic mass is 10.1. The summed E-state index contributed by atoms with van der Waals surface area (Å²) in [7, 11) is 0. The monoisotopic (exact) mass is 306 g/mol. The van der Waals surface area contributed by atoms with E-state index in [1.54, 1.807) is 31.4 Å². The molecule has 6 nitrogen and oxygen atoms in total. The van der Waals surface area contributed by atoms with E-state index in [4.69, 9.17) is 0 Å². The lowest BCUT2D eigenvalue weighted by molar-refractivity contribution is -0.386. The molecule has 2 aromatic heterocycles. The Kier molecular flexibility index (Phi) is 4.64. The van der Waals surface area contributed by atoms with Crippen molar-refractivity contribution in [3.63, 3.8) is 0 Å². The molecule has 0 fully saturated rings. The van der Waals surface area contributed by atoms with Crippen LogP contribution >= 0.6 is 11.3 Å². The summed E-state index contributed by atoms with van der Waals surface area (Å²) in [6.07, 6.45) is 1.56. The summed E-state index contributed by atoms with van der Waals surface area (Å²) >= 11 is 1.61. The van der Waals surface area contributed by atoms with Gasteiger partial charge in [0.05, 0.1) is 16.7 Å². The minimum Gasteiger partial charge on any atom is -0.302 e. The number of aryl methyl sites for hydroxylation is 2. The van der Waals surface area contributed by atoms with Crippen LogP contribution in [0, 0.1) is 30.9 Å². The van der Waals surface area contributed by atoms with E-state index < -0.39 is 0 Å². The molecular formula is C14H18N4O2S. The third-order valence-electron chi connectivity index (χ3n) is 3.34. The number of rotatable bonds is 5. The van der Waals surface area contributed by atoms with Crippen LogP contribution in [0.3, 0.4) is 0 Å². The van der Waals surface area contributed by atoms with Crippen molar-refractivity contribution in [2.75, 3.05) is 0 Å². The van der Waals surface area contributed by atoms with E-state index in [9.17, 15) is 10.1 Å². The van der Waals surface area contributed by atoms with Crippen LogP contribution in [-0.2, 0) is 6.54 Å². The first-order valence-corrected chi connectivity index (χ1v) is 7.53. The highest BCUT2D eigenvalue weighted by Gasteiger charge is 2.19. The molecule has 0 saturated carbocycles. The second-order valence-electron chi connectivity index (χ2n) is 5.05. The van der Waals surface area contributed by atoms with Crippen molar-refractivity contribution >= 4 is 17.0 Å². The molecule has 112 valence electrons. The van der Waals surface area contributed by atoms with Crippen molar-refractivity contribution in [1.82, 2.24) is 15.3 Å². The predicted octanol–water partition coefficient (Wildman–Crippen LogP) is 3.22. The van der Waals surface area contributed by atoms with Gasteiger partial charge in [0.2, 0.25) is 0 Å². The van der Waals surface area contributed by atoms with E-state index in [0.29, 0.717) is 23.4 Å². The Labute approximate surface area is 127 Å². The van der Waals surface area contributed by atoms with Crippen LogP contribution in [0.15, 0.2) is 11.6 Å². The molecule has 0 amide bonds. The van der Waals surface area contributed by atoms with E-state index in [1.807, 2.05) is 19.2 Å². The molecule has 0 saturated heterocycles. The summed E-state index contributed by atoms with van der Waals surface area (Å²) in [6.45, 7) is 7.91. The highest BCUT2D eigenvalue weighted by atomic mass is 32.1. The lowest BCUT2D eigenvalue weighted by Crippen LogP contribution is -2.19. The number of pyridine rings is 1. The van der Waals surface area contributed by atoms with Gasteiger partial charge in [-0.15, -0.1) is 11.3 Å². The molecule has 7 heteroatoms. The van der Waals surface area contributed by atoms with Gasteiger partial charge in [-0.05, 0) is 27.7 Å². The molecule has 0 radical (unpaired) electrons. The quantitative estimate of drug-likeness (QED) is 0.677. The summed E-state index contributed by atoms with van der Waals surface area (Å²) in [5.74, 6) is 0. The number of aromatic nitrogens is 2. The Morgan fingerprint density at radius 1 is 1.43 bits per heavy atom. The Balaban J connectivity index is 2.13. The number of nitro groups is 1. The fraction of sp³-hybridized carbons (Fsp3) is 0.429. The van der Waals surface area contributed by atoms with E-state index >= 15 is 0 Å². The zero-order valence-electron chi connectivity index (χ0n) is 12.5. The highest BCUT2D eigenvalue weighted by Crippen LogP contribution is 2.24. The summed E-state index contributed by atoms with van der Waals surface area (Å²) in [4.78, 5) is 19.5. The lowest BCUT2D eigenvalue weighted by Gasteiger charge is -2.12. The van der Waals surface area contributed by atoms with Gasteiger partial charge >= 0.3 is 0 Å². The Bertz CT molecular complexity index is 669. The van der Waals surface area contributed by atoms with E-state index in [2.05, 4.69) is 15.3 Å². The molecule has 2 aromatic rings. The first-order valence-electron chi connectivity index (χ1n) is 6.65. The average Bonchev–Trinajstić information content (AvgIpc) is 2.84. The van der Waals surface area contributed by atoms with E-state index in [1.165, 1.54) is 0 Å². The maximum absolute atomic E-state index is 11.1. The van der Waals surface area contributed by atoms with Gasteiger partial charge in [0, 0.05) is 34.9 Å². The minimum atomic E-state index is -0.344. The van der Waals surface area contributed by atoms with Crippen LogP contribution in [0.25, 0.3) is 0 Å². The Morgan fingerprint density at radius 3 is 2.71 bits per heavy atom. The first-order chi connectivity index (χ1) is 9.90. The molecule has 1 unspecified atom stereocenters. The first kappa shape index (κ1) is 15.5. The van der Waals surface area contributed by atoms with Gasteiger partial charge in [-0.3, -0.25) is 15.1 Å². The van der Waals surface area contributed by atoms with Crippen molar-refractivity contribution in [2.45, 2.75) is 40.3 Å². The van der Waals surface area contributed by atoms with Gasteiger partial charge < -0.3 is 5.32 Å². The second kappa shape index (κ2) is 6.28. The van der Waals surface area contributed by atoms with Crippen LogP contribution < -0.4 is 5.32 Å². The zero-order valence-corrected chi connectivity index (χ0v) is 13.3. The van der Waals surface area contributed by atoms with Gasteiger partial charge in [-0.25, -0.2) is 4.98 Å². The van der Waals surface area contributed by atoms with E-state index in [-0.39, 0.29) is 16.7 Å². The van der Waals surface area contributed by atoms with Gasteiger partial charge in [0.15, 0.2) is 0 Å². The van der Waals surface area contributed by atoms with E-state index in [0.717, 1.165) is 10.7 Å². The van der Waals surface area contributed by atoms with Crippen molar-refractivity contribution in [2.24, 2.45) is 0 Å².